The number of halogens is 1. The molecule has 1 heterocycles. The Labute approximate surface area is 144 Å². The maximum absolute atomic E-state index is 13.2. The van der Waals surface area contributed by atoms with Gasteiger partial charge in [0.15, 0.2) is 0 Å². The molecule has 0 aliphatic carbocycles. The first-order valence-electron chi connectivity index (χ1n) is 7.90. The van der Waals surface area contributed by atoms with Crippen LogP contribution in [0, 0.1) is 5.82 Å². The Kier molecular flexibility index (Phi) is 4.90. The molecule has 0 amide bonds. The summed E-state index contributed by atoms with van der Waals surface area (Å²) in [5.41, 5.74) is 2.71. The molecule has 2 aromatic carbocycles. The highest BCUT2D eigenvalue weighted by Gasteiger charge is 2.19. The summed E-state index contributed by atoms with van der Waals surface area (Å²) in [6.45, 7) is 1.87. The lowest BCUT2D eigenvalue weighted by Crippen LogP contribution is -2.20. The molecule has 2 N–H and O–H groups in total. The van der Waals surface area contributed by atoms with E-state index in [4.69, 9.17) is 5.11 Å². The number of aromatic amines is 1. The second-order valence-electron chi connectivity index (χ2n) is 5.54. The van der Waals surface area contributed by atoms with Crippen molar-refractivity contribution in [2.24, 2.45) is 4.99 Å². The lowest BCUT2D eigenvalue weighted by atomic mass is 10.1. The predicted octanol–water partition coefficient (Wildman–Crippen LogP) is 2.77. The van der Waals surface area contributed by atoms with Crippen molar-refractivity contribution in [2.45, 2.75) is 6.92 Å². The Morgan fingerprint density at radius 1 is 1.16 bits per heavy atom. The van der Waals surface area contributed by atoms with E-state index in [9.17, 15) is 9.18 Å². The van der Waals surface area contributed by atoms with Gasteiger partial charge < -0.3 is 5.11 Å². The zero-order valence-electron chi connectivity index (χ0n) is 13.7. The summed E-state index contributed by atoms with van der Waals surface area (Å²) in [6, 6.07) is 15.1. The topological polar surface area (TPSA) is 70.4 Å². The first-order chi connectivity index (χ1) is 12.1. The highest BCUT2D eigenvalue weighted by Crippen LogP contribution is 2.21. The predicted molar refractivity (Wildman–Crippen MR) is 95.9 cm³/mol. The molecule has 0 atom stereocenters. The number of aliphatic imine (C=N–C) groups is 1. The first kappa shape index (κ1) is 16.9. The number of aliphatic hydroxyl groups is 1. The van der Waals surface area contributed by atoms with Gasteiger partial charge in [-0.1, -0.05) is 30.3 Å². The van der Waals surface area contributed by atoms with Crippen LogP contribution in [0.25, 0.3) is 16.9 Å². The van der Waals surface area contributed by atoms with Crippen LogP contribution in [0.15, 0.2) is 64.4 Å². The van der Waals surface area contributed by atoms with Crippen LogP contribution in [0.1, 0.15) is 12.5 Å². The third kappa shape index (κ3) is 3.44. The Bertz CT molecular complexity index is 941. The molecule has 3 aromatic rings. The van der Waals surface area contributed by atoms with Crippen LogP contribution in [0.4, 0.5) is 4.39 Å². The van der Waals surface area contributed by atoms with Gasteiger partial charge >= 0.3 is 0 Å². The summed E-state index contributed by atoms with van der Waals surface area (Å²) in [5, 5.41) is 12.1. The number of aromatic nitrogens is 2. The largest absolute Gasteiger partial charge is 0.394 e. The monoisotopic (exact) mass is 339 g/mol. The zero-order valence-corrected chi connectivity index (χ0v) is 13.7. The zero-order chi connectivity index (χ0) is 17.8. The number of nitrogens with zero attached hydrogens (tertiary/aromatic N) is 2. The molecule has 0 fully saturated rings. The Balaban J connectivity index is 2.21. The van der Waals surface area contributed by atoms with E-state index in [-0.39, 0.29) is 24.5 Å². The third-order valence-corrected chi connectivity index (χ3v) is 3.85. The molecule has 25 heavy (non-hydrogen) atoms. The van der Waals surface area contributed by atoms with Crippen molar-refractivity contribution < 1.29 is 9.50 Å². The van der Waals surface area contributed by atoms with Crippen molar-refractivity contribution in [1.29, 1.82) is 0 Å². The second kappa shape index (κ2) is 7.27. The van der Waals surface area contributed by atoms with Gasteiger partial charge in [-0.05, 0) is 31.2 Å². The van der Waals surface area contributed by atoms with Crippen LogP contribution >= 0.6 is 0 Å². The van der Waals surface area contributed by atoms with E-state index in [1.807, 2.05) is 30.3 Å². The van der Waals surface area contributed by atoms with Crippen molar-refractivity contribution in [3.05, 3.63) is 76.3 Å². The van der Waals surface area contributed by atoms with Gasteiger partial charge in [0.2, 0.25) is 0 Å². The first-order valence-corrected chi connectivity index (χ1v) is 7.90. The number of H-pyrrole nitrogens is 1. The highest BCUT2D eigenvalue weighted by molar-refractivity contribution is 6.03. The minimum absolute atomic E-state index is 0.0887. The van der Waals surface area contributed by atoms with E-state index < -0.39 is 0 Å². The number of aliphatic hydroxyl groups excluding tert-OH is 1. The fourth-order valence-electron chi connectivity index (χ4n) is 2.66. The van der Waals surface area contributed by atoms with E-state index in [2.05, 4.69) is 10.1 Å². The van der Waals surface area contributed by atoms with Gasteiger partial charge in [-0.25, -0.2) is 9.07 Å². The van der Waals surface area contributed by atoms with Gasteiger partial charge in [0.05, 0.1) is 30.1 Å². The summed E-state index contributed by atoms with van der Waals surface area (Å²) >= 11 is 0. The van der Waals surface area contributed by atoms with Crippen LogP contribution in [-0.2, 0) is 0 Å². The minimum atomic E-state index is -0.368. The lowest BCUT2D eigenvalue weighted by molar-refractivity contribution is 0.307. The molecule has 5 nitrogen and oxygen atoms in total. The molecule has 0 bridgehead atoms. The van der Waals surface area contributed by atoms with Gasteiger partial charge in [-0.3, -0.25) is 14.9 Å². The third-order valence-electron chi connectivity index (χ3n) is 3.85. The van der Waals surface area contributed by atoms with Crippen molar-refractivity contribution in [1.82, 2.24) is 9.78 Å². The van der Waals surface area contributed by atoms with Gasteiger partial charge in [0.1, 0.15) is 5.82 Å². The molecule has 128 valence electrons. The summed E-state index contributed by atoms with van der Waals surface area (Å²) in [7, 11) is 0. The Hall–Kier alpha value is -2.99. The number of hydrogen-bond donors (Lipinski definition) is 2. The molecule has 0 saturated carbocycles. The van der Waals surface area contributed by atoms with Crippen LogP contribution in [0.3, 0.4) is 0 Å². The van der Waals surface area contributed by atoms with Crippen LogP contribution in [0.2, 0.25) is 0 Å². The summed E-state index contributed by atoms with van der Waals surface area (Å²) < 4.78 is 14.5. The van der Waals surface area contributed by atoms with E-state index in [0.717, 1.165) is 5.56 Å². The normalized spacial score (nSPS) is 11.7. The van der Waals surface area contributed by atoms with E-state index in [1.54, 1.807) is 6.92 Å². The molecular formula is C19H18FN3O2. The maximum Gasteiger partial charge on any atom is 0.280 e. The Morgan fingerprint density at radius 2 is 1.84 bits per heavy atom. The summed E-state index contributed by atoms with van der Waals surface area (Å²) in [4.78, 5) is 17.2. The van der Waals surface area contributed by atoms with Crippen LogP contribution < -0.4 is 5.56 Å². The fraction of sp³-hybridized carbons (Fsp3) is 0.158. The molecule has 6 heteroatoms. The molecule has 0 aliphatic heterocycles. The molecule has 0 saturated heterocycles. The number of hydrogen-bond acceptors (Lipinski definition) is 3. The molecule has 0 radical (unpaired) electrons. The van der Waals surface area contributed by atoms with Gasteiger partial charge in [-0.15, -0.1) is 0 Å². The molecule has 0 unspecified atom stereocenters. The molecule has 0 spiro atoms. The number of rotatable bonds is 5. The number of nitrogens with one attached hydrogen (secondary N) is 1. The second-order valence-corrected chi connectivity index (χ2v) is 5.54. The highest BCUT2D eigenvalue weighted by atomic mass is 19.1. The van der Waals surface area contributed by atoms with Crippen molar-refractivity contribution in [3.63, 3.8) is 0 Å². The lowest BCUT2D eigenvalue weighted by Gasteiger charge is -2.03. The molecule has 3 rings (SSSR count). The molecule has 1 aromatic heterocycles. The van der Waals surface area contributed by atoms with E-state index in [1.165, 1.54) is 28.9 Å². The average molecular weight is 339 g/mol. The smallest absolute Gasteiger partial charge is 0.280 e. The quantitative estimate of drug-likeness (QED) is 0.702. The van der Waals surface area contributed by atoms with Crippen molar-refractivity contribution in [2.75, 3.05) is 13.2 Å². The standard InChI is InChI=1S/C19H18FN3O2/c1-13(21-11-12-24)17-18(14-5-3-2-4-6-14)22-23(19(17)25)16-9-7-15(20)8-10-16/h2-10,22,24H,11-12H2,1H3. The van der Waals surface area contributed by atoms with E-state index in [0.29, 0.717) is 22.7 Å². The van der Waals surface area contributed by atoms with Gasteiger partial charge in [0, 0.05) is 11.3 Å². The molecule has 0 aliphatic rings. The fourth-order valence-corrected chi connectivity index (χ4v) is 2.66. The van der Waals surface area contributed by atoms with Crippen LogP contribution in [-0.4, -0.2) is 33.8 Å². The van der Waals surface area contributed by atoms with Gasteiger partial charge in [-0.2, -0.15) is 0 Å². The molecular weight excluding hydrogens is 321 g/mol. The Morgan fingerprint density at radius 3 is 2.48 bits per heavy atom. The summed E-state index contributed by atoms with van der Waals surface area (Å²) in [6.07, 6.45) is 0. The average Bonchev–Trinajstić information content (AvgIpc) is 2.98. The number of benzene rings is 2. The van der Waals surface area contributed by atoms with Crippen molar-refractivity contribution in [3.8, 4) is 16.9 Å². The van der Waals surface area contributed by atoms with Crippen molar-refractivity contribution >= 4 is 5.71 Å². The minimum Gasteiger partial charge on any atom is -0.394 e. The van der Waals surface area contributed by atoms with Crippen LogP contribution in [0.5, 0.6) is 0 Å². The SMILES string of the molecule is CC(=NCCO)c1c(-c2ccccc2)[nH]n(-c2ccc(F)cc2)c1=O. The van der Waals surface area contributed by atoms with Gasteiger partial charge in [0.25, 0.3) is 5.56 Å². The maximum atomic E-state index is 13.2. The summed E-state index contributed by atoms with van der Waals surface area (Å²) in [5.74, 6) is -0.368. The van der Waals surface area contributed by atoms with E-state index >= 15 is 0 Å².